The van der Waals surface area contributed by atoms with Crippen molar-refractivity contribution in [2.45, 2.75) is 13.0 Å². The summed E-state index contributed by atoms with van der Waals surface area (Å²) in [5, 5.41) is 0.247. The monoisotopic (exact) mass is 254 g/mol. The van der Waals surface area contributed by atoms with Crippen molar-refractivity contribution in [2.24, 2.45) is 5.84 Å². The van der Waals surface area contributed by atoms with Crippen molar-refractivity contribution in [3.05, 3.63) is 58.3 Å². The first-order valence-electron chi connectivity index (χ1n) is 5.08. The van der Waals surface area contributed by atoms with Gasteiger partial charge < -0.3 is 4.42 Å². The van der Waals surface area contributed by atoms with Gasteiger partial charge >= 0.3 is 0 Å². The predicted octanol–water partition coefficient (Wildman–Crippen LogP) is 2.93. The number of hydrogen-bond donors (Lipinski definition) is 2. The van der Waals surface area contributed by atoms with Crippen LogP contribution in [0.5, 0.6) is 0 Å². The van der Waals surface area contributed by atoms with Crippen LogP contribution in [0, 0.1) is 12.7 Å². The highest BCUT2D eigenvalue weighted by Gasteiger charge is 2.19. The Kier molecular flexibility index (Phi) is 3.47. The molecule has 1 heterocycles. The second-order valence-corrected chi connectivity index (χ2v) is 4.09. The van der Waals surface area contributed by atoms with E-state index in [1.54, 1.807) is 12.1 Å². The maximum Gasteiger partial charge on any atom is 0.198 e. The van der Waals surface area contributed by atoms with Gasteiger partial charge in [0.15, 0.2) is 5.22 Å². The lowest BCUT2D eigenvalue weighted by Crippen LogP contribution is -2.29. The molecule has 1 atom stereocenters. The van der Waals surface area contributed by atoms with E-state index in [4.69, 9.17) is 21.9 Å². The maximum absolute atomic E-state index is 13.3. The van der Waals surface area contributed by atoms with Crippen LogP contribution in [0.3, 0.4) is 0 Å². The second-order valence-electron chi connectivity index (χ2n) is 3.75. The smallest absolute Gasteiger partial charge is 0.198 e. The molecule has 0 saturated heterocycles. The van der Waals surface area contributed by atoms with Crippen molar-refractivity contribution in [3.8, 4) is 0 Å². The molecule has 0 aliphatic carbocycles. The van der Waals surface area contributed by atoms with Crippen LogP contribution in [0.25, 0.3) is 0 Å². The molecule has 3 nitrogen and oxygen atoms in total. The maximum atomic E-state index is 13.3. The van der Waals surface area contributed by atoms with E-state index in [0.29, 0.717) is 5.56 Å². The number of rotatable bonds is 3. The summed E-state index contributed by atoms with van der Waals surface area (Å²) in [7, 11) is 0. The summed E-state index contributed by atoms with van der Waals surface area (Å²) in [6, 6.07) is 5.85. The van der Waals surface area contributed by atoms with E-state index in [0.717, 1.165) is 11.1 Å². The number of hydrazine groups is 1. The Balaban J connectivity index is 2.49. The minimum absolute atomic E-state index is 0.247. The predicted molar refractivity (Wildman–Crippen MR) is 64.0 cm³/mol. The van der Waals surface area contributed by atoms with Gasteiger partial charge in [-0.25, -0.2) is 9.82 Å². The molecular weight excluding hydrogens is 243 g/mol. The van der Waals surface area contributed by atoms with Crippen LogP contribution in [0.15, 0.2) is 34.9 Å². The topological polar surface area (TPSA) is 51.2 Å². The summed E-state index contributed by atoms with van der Waals surface area (Å²) in [4.78, 5) is 0. The van der Waals surface area contributed by atoms with Gasteiger partial charge in [-0.3, -0.25) is 5.84 Å². The third-order valence-corrected chi connectivity index (χ3v) is 2.98. The largest absolute Gasteiger partial charge is 0.453 e. The van der Waals surface area contributed by atoms with Crippen molar-refractivity contribution < 1.29 is 8.81 Å². The van der Waals surface area contributed by atoms with Gasteiger partial charge in [0.05, 0.1) is 12.3 Å². The molecule has 90 valence electrons. The number of benzene rings is 1. The number of aryl methyl sites for hydroxylation is 1. The molecule has 0 amide bonds. The van der Waals surface area contributed by atoms with Crippen LogP contribution in [0.2, 0.25) is 5.22 Å². The summed E-state index contributed by atoms with van der Waals surface area (Å²) in [6.07, 6.45) is 1.47. The summed E-state index contributed by atoms with van der Waals surface area (Å²) < 4.78 is 18.3. The van der Waals surface area contributed by atoms with Gasteiger partial charge in [-0.05, 0) is 47.9 Å². The van der Waals surface area contributed by atoms with E-state index < -0.39 is 6.04 Å². The Bertz CT molecular complexity index is 527. The minimum Gasteiger partial charge on any atom is -0.453 e. The molecule has 1 aromatic heterocycles. The summed E-state index contributed by atoms with van der Waals surface area (Å²) >= 11 is 5.90. The Morgan fingerprint density at radius 2 is 2.12 bits per heavy atom. The fourth-order valence-corrected chi connectivity index (χ4v) is 2.00. The molecule has 17 heavy (non-hydrogen) atoms. The molecule has 0 bridgehead atoms. The summed E-state index contributed by atoms with van der Waals surface area (Å²) in [5.74, 6) is 5.20. The number of hydrogen-bond acceptors (Lipinski definition) is 3. The first kappa shape index (κ1) is 12.1. The summed E-state index contributed by atoms with van der Waals surface area (Å²) in [5.41, 5.74) is 4.96. The number of halogens is 2. The fraction of sp³-hybridized carbons (Fsp3) is 0.167. The number of nitrogens with one attached hydrogen (secondary N) is 1. The molecular formula is C12H12ClFN2O. The van der Waals surface area contributed by atoms with E-state index in [1.165, 1.54) is 18.4 Å². The number of furan rings is 1. The Labute approximate surface area is 103 Å². The Hall–Kier alpha value is -1.36. The van der Waals surface area contributed by atoms with Crippen LogP contribution >= 0.6 is 11.6 Å². The van der Waals surface area contributed by atoms with Crippen molar-refractivity contribution >= 4 is 11.6 Å². The van der Waals surface area contributed by atoms with Crippen molar-refractivity contribution in [2.75, 3.05) is 0 Å². The van der Waals surface area contributed by atoms with Gasteiger partial charge in [-0.1, -0.05) is 6.07 Å². The molecule has 5 heteroatoms. The molecule has 1 unspecified atom stereocenters. The molecule has 2 rings (SSSR count). The van der Waals surface area contributed by atoms with Crippen LogP contribution < -0.4 is 11.3 Å². The highest BCUT2D eigenvalue weighted by atomic mass is 35.5. The molecule has 0 saturated carbocycles. The Morgan fingerprint density at radius 3 is 2.71 bits per heavy atom. The van der Waals surface area contributed by atoms with E-state index in [9.17, 15) is 4.39 Å². The van der Waals surface area contributed by atoms with Crippen molar-refractivity contribution in [1.82, 2.24) is 5.43 Å². The molecule has 0 fully saturated rings. The van der Waals surface area contributed by atoms with E-state index in [-0.39, 0.29) is 11.0 Å². The minimum atomic E-state index is -0.392. The average molecular weight is 255 g/mol. The molecule has 1 aromatic carbocycles. The zero-order valence-electron chi connectivity index (χ0n) is 9.21. The molecule has 3 N–H and O–H groups in total. The van der Waals surface area contributed by atoms with E-state index >= 15 is 0 Å². The lowest BCUT2D eigenvalue weighted by atomic mass is 9.97. The Morgan fingerprint density at radius 1 is 1.35 bits per heavy atom. The lowest BCUT2D eigenvalue weighted by molar-refractivity contribution is 0.553. The van der Waals surface area contributed by atoms with Gasteiger partial charge in [0.1, 0.15) is 5.82 Å². The zero-order chi connectivity index (χ0) is 12.4. The first-order valence-corrected chi connectivity index (χ1v) is 5.46. The summed E-state index contributed by atoms with van der Waals surface area (Å²) in [6.45, 7) is 1.88. The van der Waals surface area contributed by atoms with Crippen LogP contribution in [0.1, 0.15) is 22.7 Å². The van der Waals surface area contributed by atoms with Crippen molar-refractivity contribution in [1.29, 1.82) is 0 Å². The highest BCUT2D eigenvalue weighted by molar-refractivity contribution is 6.29. The second kappa shape index (κ2) is 4.87. The van der Waals surface area contributed by atoms with Crippen LogP contribution in [-0.2, 0) is 0 Å². The molecule has 0 aliphatic rings. The van der Waals surface area contributed by atoms with Gasteiger partial charge in [-0.2, -0.15) is 0 Å². The molecule has 2 aromatic rings. The van der Waals surface area contributed by atoms with Crippen LogP contribution in [-0.4, -0.2) is 0 Å². The average Bonchev–Trinajstić information content (AvgIpc) is 2.71. The van der Waals surface area contributed by atoms with Gasteiger partial charge in [0.2, 0.25) is 0 Å². The normalized spacial score (nSPS) is 12.7. The van der Waals surface area contributed by atoms with E-state index in [1.807, 2.05) is 6.92 Å². The standard InChI is InChI=1S/C12H12ClFN2O/c1-7-2-3-8(14)6-10(7)11(16-15)9-4-5-17-12(9)13/h2-6,11,16H,15H2,1H3. The van der Waals surface area contributed by atoms with Gasteiger partial charge in [0, 0.05) is 5.56 Å². The van der Waals surface area contributed by atoms with E-state index in [2.05, 4.69) is 5.43 Å². The quantitative estimate of drug-likeness (QED) is 0.654. The van der Waals surface area contributed by atoms with Crippen LogP contribution in [0.4, 0.5) is 4.39 Å². The zero-order valence-corrected chi connectivity index (χ0v) is 9.96. The third kappa shape index (κ3) is 2.34. The third-order valence-electron chi connectivity index (χ3n) is 2.68. The highest BCUT2D eigenvalue weighted by Crippen LogP contribution is 2.30. The van der Waals surface area contributed by atoms with Gasteiger partial charge in [-0.15, -0.1) is 0 Å². The lowest BCUT2D eigenvalue weighted by Gasteiger charge is -2.17. The fourth-order valence-electron chi connectivity index (χ4n) is 1.78. The van der Waals surface area contributed by atoms with Gasteiger partial charge in [0.25, 0.3) is 0 Å². The molecule has 0 aliphatic heterocycles. The number of nitrogens with two attached hydrogens (primary N) is 1. The molecule has 0 radical (unpaired) electrons. The molecule has 0 spiro atoms. The van der Waals surface area contributed by atoms with Crippen molar-refractivity contribution in [3.63, 3.8) is 0 Å². The SMILES string of the molecule is Cc1ccc(F)cc1C(NN)c1ccoc1Cl. The first-order chi connectivity index (χ1) is 8.13.